The van der Waals surface area contributed by atoms with Gasteiger partial charge in [0.2, 0.25) is 5.91 Å². The van der Waals surface area contributed by atoms with E-state index in [9.17, 15) is 14.7 Å². The van der Waals surface area contributed by atoms with E-state index in [1.54, 1.807) is 0 Å². The van der Waals surface area contributed by atoms with E-state index in [1.165, 1.54) is 70.6 Å². The van der Waals surface area contributed by atoms with Crippen molar-refractivity contribution in [2.75, 3.05) is 6.54 Å². The monoisotopic (exact) mass is 412 g/mol. The maximum absolute atomic E-state index is 11.9. The zero-order valence-corrected chi connectivity index (χ0v) is 19.2. The number of carbonyl (C=O) groups is 2. The van der Waals surface area contributed by atoms with Crippen LogP contribution in [0.1, 0.15) is 123 Å². The molecule has 0 aliphatic heterocycles. The van der Waals surface area contributed by atoms with E-state index in [0.29, 0.717) is 19.4 Å². The second-order valence-electron chi connectivity index (χ2n) is 8.92. The van der Waals surface area contributed by atoms with Gasteiger partial charge in [0.25, 0.3) is 0 Å². The summed E-state index contributed by atoms with van der Waals surface area (Å²) in [5, 5.41) is 11.8. The first-order valence-corrected chi connectivity index (χ1v) is 12.2. The van der Waals surface area contributed by atoms with E-state index in [-0.39, 0.29) is 5.91 Å². The highest BCUT2D eigenvalue weighted by atomic mass is 16.4. The summed E-state index contributed by atoms with van der Waals surface area (Å²) >= 11 is 0. The molecule has 0 fully saturated rings. The lowest BCUT2D eigenvalue weighted by molar-refractivity contribution is -0.142. The number of aliphatic carboxylic acids is 1. The quantitative estimate of drug-likeness (QED) is 0.208. The van der Waals surface area contributed by atoms with Gasteiger partial charge in [0.15, 0.2) is 0 Å². The Morgan fingerprint density at radius 3 is 1.62 bits per heavy atom. The molecule has 1 amide bonds. The van der Waals surface area contributed by atoms with Crippen LogP contribution in [0.2, 0.25) is 0 Å². The summed E-state index contributed by atoms with van der Waals surface area (Å²) in [4.78, 5) is 23.1. The molecule has 1 atom stereocenters. The van der Waals surface area contributed by atoms with Crippen molar-refractivity contribution in [2.24, 2.45) is 11.7 Å². The van der Waals surface area contributed by atoms with Crippen molar-refractivity contribution in [3.05, 3.63) is 0 Å². The van der Waals surface area contributed by atoms with Gasteiger partial charge in [0.05, 0.1) is 0 Å². The first-order valence-electron chi connectivity index (χ1n) is 12.2. The maximum Gasteiger partial charge on any atom is 0.326 e. The van der Waals surface area contributed by atoms with E-state index in [2.05, 4.69) is 19.2 Å². The molecule has 0 aliphatic carbocycles. The van der Waals surface area contributed by atoms with Crippen molar-refractivity contribution >= 4 is 11.9 Å². The summed E-state index contributed by atoms with van der Waals surface area (Å²) in [5.74, 6) is -0.248. The highest BCUT2D eigenvalue weighted by Crippen LogP contribution is 2.14. The topological polar surface area (TPSA) is 92.4 Å². The fraction of sp³-hybridized carbons (Fsp3) is 0.917. The van der Waals surface area contributed by atoms with Crippen molar-refractivity contribution in [1.82, 2.24) is 5.32 Å². The smallest absolute Gasteiger partial charge is 0.326 e. The molecular weight excluding hydrogens is 364 g/mol. The molecule has 0 unspecified atom stereocenters. The molecule has 0 saturated heterocycles. The van der Waals surface area contributed by atoms with Gasteiger partial charge in [-0.3, -0.25) is 4.79 Å². The van der Waals surface area contributed by atoms with Crippen molar-refractivity contribution in [2.45, 2.75) is 129 Å². The van der Waals surface area contributed by atoms with Gasteiger partial charge in [-0.25, -0.2) is 4.79 Å². The number of carbonyl (C=O) groups excluding carboxylic acids is 1. The molecule has 0 aromatic rings. The molecular formula is C24H48N2O3. The highest BCUT2D eigenvalue weighted by Gasteiger charge is 2.18. The van der Waals surface area contributed by atoms with Gasteiger partial charge in [0, 0.05) is 6.42 Å². The van der Waals surface area contributed by atoms with Crippen LogP contribution in [-0.4, -0.2) is 29.6 Å². The van der Waals surface area contributed by atoms with Crippen LogP contribution in [0.4, 0.5) is 0 Å². The SMILES string of the molecule is CC(C)CCCCCCCCCCCCCCC(=O)N[C@@H](CCCCN)C(=O)O. The van der Waals surface area contributed by atoms with Crippen molar-refractivity contribution in [1.29, 1.82) is 0 Å². The van der Waals surface area contributed by atoms with Gasteiger partial charge < -0.3 is 16.2 Å². The molecule has 0 bridgehead atoms. The van der Waals surface area contributed by atoms with E-state index < -0.39 is 12.0 Å². The Bertz CT molecular complexity index is 400. The van der Waals surface area contributed by atoms with Crippen LogP contribution in [0.25, 0.3) is 0 Å². The van der Waals surface area contributed by atoms with Gasteiger partial charge in [-0.05, 0) is 38.1 Å². The molecule has 0 radical (unpaired) electrons. The molecule has 0 aliphatic rings. The minimum atomic E-state index is -0.953. The molecule has 29 heavy (non-hydrogen) atoms. The van der Waals surface area contributed by atoms with Crippen molar-refractivity contribution in [3.63, 3.8) is 0 Å². The first-order chi connectivity index (χ1) is 14.0. The average Bonchev–Trinajstić information content (AvgIpc) is 2.67. The van der Waals surface area contributed by atoms with E-state index >= 15 is 0 Å². The normalized spacial score (nSPS) is 12.3. The Kier molecular flexibility index (Phi) is 19.4. The summed E-state index contributed by atoms with van der Waals surface area (Å²) in [6.07, 6.45) is 19.0. The lowest BCUT2D eigenvalue weighted by atomic mass is 10.0. The molecule has 172 valence electrons. The van der Waals surface area contributed by atoms with Crippen LogP contribution in [-0.2, 0) is 9.59 Å². The summed E-state index contributed by atoms with van der Waals surface area (Å²) < 4.78 is 0. The third kappa shape index (κ3) is 20.0. The number of carboxylic acids is 1. The fourth-order valence-corrected chi connectivity index (χ4v) is 3.62. The Labute approximate surface area is 179 Å². The van der Waals surface area contributed by atoms with E-state index in [0.717, 1.165) is 31.6 Å². The summed E-state index contributed by atoms with van der Waals surface area (Å²) in [5.41, 5.74) is 5.43. The lowest BCUT2D eigenvalue weighted by Crippen LogP contribution is -2.40. The number of nitrogens with one attached hydrogen (secondary N) is 1. The molecule has 0 rings (SSSR count). The lowest BCUT2D eigenvalue weighted by Gasteiger charge is -2.14. The van der Waals surface area contributed by atoms with Crippen LogP contribution in [0.5, 0.6) is 0 Å². The van der Waals surface area contributed by atoms with E-state index in [4.69, 9.17) is 5.73 Å². The Balaban J connectivity index is 3.44. The van der Waals surface area contributed by atoms with Gasteiger partial charge in [0.1, 0.15) is 6.04 Å². The second-order valence-corrected chi connectivity index (χ2v) is 8.92. The Morgan fingerprint density at radius 1 is 0.724 bits per heavy atom. The molecule has 0 spiro atoms. The standard InChI is InChI=1S/C24H48N2O3/c1-21(2)17-13-11-9-7-5-3-4-6-8-10-12-14-19-23(27)26-22(24(28)29)18-15-16-20-25/h21-22H,3-20,25H2,1-2H3,(H,26,27)(H,28,29)/t22-/m0/s1. The minimum absolute atomic E-state index is 0.140. The summed E-state index contributed by atoms with van der Waals surface area (Å²) in [6, 6.07) is -0.774. The first kappa shape index (κ1) is 27.9. The molecule has 0 heterocycles. The summed E-state index contributed by atoms with van der Waals surface area (Å²) in [6.45, 7) is 5.16. The van der Waals surface area contributed by atoms with E-state index in [1.807, 2.05) is 0 Å². The number of rotatable bonds is 21. The predicted octanol–water partition coefficient (Wildman–Crippen LogP) is 5.80. The van der Waals surface area contributed by atoms with Crippen LogP contribution in [0.3, 0.4) is 0 Å². The third-order valence-corrected chi connectivity index (χ3v) is 5.52. The van der Waals surface area contributed by atoms with Gasteiger partial charge in [-0.1, -0.05) is 90.9 Å². The van der Waals surface area contributed by atoms with Crippen LogP contribution in [0.15, 0.2) is 0 Å². The summed E-state index contributed by atoms with van der Waals surface area (Å²) in [7, 11) is 0. The minimum Gasteiger partial charge on any atom is -0.480 e. The van der Waals surface area contributed by atoms with Crippen LogP contribution < -0.4 is 11.1 Å². The number of hydrogen-bond donors (Lipinski definition) is 3. The fourth-order valence-electron chi connectivity index (χ4n) is 3.62. The number of hydrogen-bond acceptors (Lipinski definition) is 3. The number of unbranched alkanes of at least 4 members (excludes halogenated alkanes) is 12. The van der Waals surface area contributed by atoms with Crippen molar-refractivity contribution in [3.8, 4) is 0 Å². The van der Waals surface area contributed by atoms with Gasteiger partial charge >= 0.3 is 5.97 Å². The van der Waals surface area contributed by atoms with Crippen molar-refractivity contribution < 1.29 is 14.7 Å². The second kappa shape index (κ2) is 20.2. The number of nitrogens with two attached hydrogens (primary N) is 1. The zero-order chi connectivity index (χ0) is 21.7. The van der Waals surface area contributed by atoms with Crippen LogP contribution in [0, 0.1) is 5.92 Å². The highest BCUT2D eigenvalue weighted by molar-refractivity contribution is 5.83. The zero-order valence-electron chi connectivity index (χ0n) is 19.2. The maximum atomic E-state index is 11.9. The number of amides is 1. The molecule has 0 aromatic carbocycles. The largest absolute Gasteiger partial charge is 0.480 e. The average molecular weight is 413 g/mol. The molecule has 4 N–H and O–H groups in total. The van der Waals surface area contributed by atoms with Gasteiger partial charge in [-0.2, -0.15) is 0 Å². The predicted molar refractivity (Wildman–Crippen MR) is 122 cm³/mol. The van der Waals surface area contributed by atoms with Crippen LogP contribution >= 0.6 is 0 Å². The molecule has 5 nitrogen and oxygen atoms in total. The Hall–Kier alpha value is -1.10. The van der Waals surface area contributed by atoms with Gasteiger partial charge in [-0.15, -0.1) is 0 Å². The Morgan fingerprint density at radius 2 is 1.17 bits per heavy atom. The molecule has 5 heteroatoms. The number of carboxylic acid groups (broad SMARTS) is 1. The molecule has 0 aromatic heterocycles. The third-order valence-electron chi connectivity index (χ3n) is 5.52. The molecule has 0 saturated carbocycles.